The summed E-state index contributed by atoms with van der Waals surface area (Å²) in [6.45, 7) is 0. The highest BCUT2D eigenvalue weighted by Gasteiger charge is 2.11. The van der Waals surface area contributed by atoms with Crippen molar-refractivity contribution in [3.05, 3.63) is 52.0 Å². The van der Waals surface area contributed by atoms with Crippen LogP contribution in [0.5, 0.6) is 5.75 Å². The zero-order valence-electron chi connectivity index (χ0n) is 10.6. The summed E-state index contributed by atoms with van der Waals surface area (Å²) in [5.74, 6) is 0.192. The summed E-state index contributed by atoms with van der Waals surface area (Å²) in [4.78, 5) is 12.1. The van der Waals surface area contributed by atoms with Crippen molar-refractivity contribution in [2.24, 2.45) is 0 Å². The standard InChI is InChI=1S/C14H12Cl2N2O2/c1-20-13-5-2-8(6-10(13)16)14(19)18-12-4-3-9(15)7-11(12)17/h2-7H,17H2,1H3,(H,18,19). The Kier molecular flexibility index (Phi) is 4.37. The number of nitrogens with one attached hydrogen (secondary N) is 1. The Hall–Kier alpha value is -1.91. The summed E-state index contributed by atoms with van der Waals surface area (Å²) in [5, 5.41) is 3.57. The van der Waals surface area contributed by atoms with Crippen LogP contribution in [0.4, 0.5) is 11.4 Å². The topological polar surface area (TPSA) is 64.3 Å². The van der Waals surface area contributed by atoms with Crippen molar-refractivity contribution in [3.8, 4) is 5.75 Å². The Morgan fingerprint density at radius 2 is 1.95 bits per heavy atom. The number of hydrogen-bond acceptors (Lipinski definition) is 3. The zero-order valence-corrected chi connectivity index (χ0v) is 12.1. The number of nitrogens with two attached hydrogens (primary N) is 1. The minimum Gasteiger partial charge on any atom is -0.495 e. The third-order valence-electron chi connectivity index (χ3n) is 2.68. The van der Waals surface area contributed by atoms with Gasteiger partial charge in [-0.15, -0.1) is 0 Å². The molecular weight excluding hydrogens is 299 g/mol. The Labute approximate surface area is 126 Å². The maximum atomic E-state index is 12.1. The Morgan fingerprint density at radius 1 is 1.20 bits per heavy atom. The van der Waals surface area contributed by atoms with E-state index in [0.717, 1.165) is 0 Å². The van der Waals surface area contributed by atoms with Gasteiger partial charge in [0.15, 0.2) is 0 Å². The second-order valence-electron chi connectivity index (χ2n) is 4.04. The molecule has 0 bridgehead atoms. The second-order valence-corrected chi connectivity index (χ2v) is 4.88. The molecule has 0 saturated heterocycles. The fourth-order valence-corrected chi connectivity index (χ4v) is 2.09. The van der Waals surface area contributed by atoms with E-state index in [-0.39, 0.29) is 5.91 Å². The molecule has 0 radical (unpaired) electrons. The van der Waals surface area contributed by atoms with Gasteiger partial charge in [0.1, 0.15) is 5.75 Å². The molecule has 104 valence electrons. The third kappa shape index (κ3) is 3.15. The highest BCUT2D eigenvalue weighted by atomic mass is 35.5. The first-order chi connectivity index (χ1) is 9.51. The SMILES string of the molecule is COc1ccc(C(=O)Nc2ccc(Cl)cc2N)cc1Cl. The van der Waals surface area contributed by atoms with Gasteiger partial charge in [0.25, 0.3) is 5.91 Å². The molecule has 0 aliphatic heterocycles. The molecule has 1 amide bonds. The highest BCUT2D eigenvalue weighted by Crippen LogP contribution is 2.26. The lowest BCUT2D eigenvalue weighted by atomic mass is 10.2. The first-order valence-electron chi connectivity index (χ1n) is 5.71. The number of anilines is 2. The van der Waals surface area contributed by atoms with Crippen molar-refractivity contribution < 1.29 is 9.53 Å². The van der Waals surface area contributed by atoms with Crippen molar-refractivity contribution in [2.45, 2.75) is 0 Å². The van der Waals surface area contributed by atoms with E-state index in [4.69, 9.17) is 33.7 Å². The number of ether oxygens (including phenoxy) is 1. The van der Waals surface area contributed by atoms with Gasteiger partial charge in [0, 0.05) is 10.6 Å². The molecule has 20 heavy (non-hydrogen) atoms. The fourth-order valence-electron chi connectivity index (χ4n) is 1.65. The van der Waals surface area contributed by atoms with Crippen LogP contribution < -0.4 is 15.8 Å². The van der Waals surface area contributed by atoms with Gasteiger partial charge in [-0.2, -0.15) is 0 Å². The predicted octanol–water partition coefficient (Wildman–Crippen LogP) is 3.84. The van der Waals surface area contributed by atoms with Crippen LogP contribution in [0.2, 0.25) is 10.0 Å². The maximum absolute atomic E-state index is 12.1. The minimum absolute atomic E-state index is 0.316. The van der Waals surface area contributed by atoms with Crippen LogP contribution in [-0.4, -0.2) is 13.0 Å². The third-order valence-corrected chi connectivity index (χ3v) is 3.21. The van der Waals surface area contributed by atoms with Gasteiger partial charge in [0.2, 0.25) is 0 Å². The van der Waals surface area contributed by atoms with Gasteiger partial charge in [-0.05, 0) is 36.4 Å². The van der Waals surface area contributed by atoms with E-state index in [0.29, 0.717) is 32.7 Å². The second kappa shape index (κ2) is 6.03. The molecule has 6 heteroatoms. The van der Waals surface area contributed by atoms with E-state index in [1.54, 1.807) is 30.3 Å². The lowest BCUT2D eigenvalue weighted by Crippen LogP contribution is -2.13. The molecule has 2 aromatic carbocycles. The monoisotopic (exact) mass is 310 g/mol. The molecule has 0 saturated carbocycles. The van der Waals surface area contributed by atoms with Crippen molar-refractivity contribution in [1.82, 2.24) is 0 Å². The number of carbonyl (C=O) groups is 1. The molecule has 0 atom stereocenters. The summed E-state index contributed by atoms with van der Waals surface area (Å²) in [6.07, 6.45) is 0. The molecule has 0 spiro atoms. The molecule has 3 N–H and O–H groups in total. The molecule has 2 aromatic rings. The first kappa shape index (κ1) is 14.5. The molecule has 0 unspecified atom stereocenters. The molecule has 0 aliphatic carbocycles. The highest BCUT2D eigenvalue weighted by molar-refractivity contribution is 6.32. The Bertz CT molecular complexity index is 660. The normalized spacial score (nSPS) is 10.2. The fraction of sp³-hybridized carbons (Fsp3) is 0.0714. The van der Waals surface area contributed by atoms with Crippen molar-refractivity contribution >= 4 is 40.5 Å². The number of hydrogen-bond donors (Lipinski definition) is 2. The van der Waals surface area contributed by atoms with E-state index >= 15 is 0 Å². The van der Waals surface area contributed by atoms with Gasteiger partial charge >= 0.3 is 0 Å². The van der Waals surface area contributed by atoms with Gasteiger partial charge < -0.3 is 15.8 Å². The van der Waals surface area contributed by atoms with E-state index in [9.17, 15) is 4.79 Å². The smallest absolute Gasteiger partial charge is 0.255 e. The van der Waals surface area contributed by atoms with Gasteiger partial charge in [-0.25, -0.2) is 0 Å². The van der Waals surface area contributed by atoms with E-state index in [2.05, 4.69) is 5.32 Å². The van der Waals surface area contributed by atoms with E-state index < -0.39 is 0 Å². The van der Waals surface area contributed by atoms with Crippen molar-refractivity contribution in [3.63, 3.8) is 0 Å². The summed E-state index contributed by atoms with van der Waals surface area (Å²) in [7, 11) is 1.51. The summed E-state index contributed by atoms with van der Waals surface area (Å²) < 4.78 is 5.03. The molecule has 2 rings (SSSR count). The lowest BCUT2D eigenvalue weighted by Gasteiger charge is -2.09. The Morgan fingerprint density at radius 3 is 2.55 bits per heavy atom. The number of methoxy groups -OCH3 is 1. The van der Waals surface area contributed by atoms with Crippen LogP contribution in [0.3, 0.4) is 0 Å². The lowest BCUT2D eigenvalue weighted by molar-refractivity contribution is 0.102. The molecule has 0 fully saturated rings. The van der Waals surface area contributed by atoms with E-state index in [1.165, 1.54) is 13.2 Å². The van der Waals surface area contributed by atoms with Crippen molar-refractivity contribution in [2.75, 3.05) is 18.2 Å². The van der Waals surface area contributed by atoms with Crippen LogP contribution in [0.1, 0.15) is 10.4 Å². The van der Waals surface area contributed by atoms with Crippen LogP contribution in [0.25, 0.3) is 0 Å². The first-order valence-corrected chi connectivity index (χ1v) is 6.47. The zero-order chi connectivity index (χ0) is 14.7. The number of amides is 1. The molecule has 0 heterocycles. The van der Waals surface area contributed by atoms with Crippen LogP contribution >= 0.6 is 23.2 Å². The average molecular weight is 311 g/mol. The van der Waals surface area contributed by atoms with Crippen molar-refractivity contribution in [1.29, 1.82) is 0 Å². The maximum Gasteiger partial charge on any atom is 0.255 e. The summed E-state index contributed by atoms with van der Waals surface area (Å²) in [5.41, 5.74) is 7.07. The quantitative estimate of drug-likeness (QED) is 0.847. The molecule has 0 aromatic heterocycles. The molecule has 4 nitrogen and oxygen atoms in total. The van der Waals surface area contributed by atoms with Gasteiger partial charge in [-0.1, -0.05) is 23.2 Å². The molecule has 0 aliphatic rings. The number of carbonyl (C=O) groups excluding carboxylic acids is 1. The summed E-state index contributed by atoms with van der Waals surface area (Å²) >= 11 is 11.8. The van der Waals surface area contributed by atoms with Crippen LogP contribution in [0.15, 0.2) is 36.4 Å². The van der Waals surface area contributed by atoms with Gasteiger partial charge in [0.05, 0.1) is 23.5 Å². The van der Waals surface area contributed by atoms with Crippen LogP contribution in [0, 0.1) is 0 Å². The number of halogens is 2. The predicted molar refractivity (Wildman–Crippen MR) is 81.8 cm³/mol. The Balaban J connectivity index is 2.21. The number of nitrogen functional groups attached to an aromatic ring is 1. The number of benzene rings is 2. The molecular formula is C14H12Cl2N2O2. The number of rotatable bonds is 3. The minimum atomic E-state index is -0.316. The van der Waals surface area contributed by atoms with Gasteiger partial charge in [-0.3, -0.25) is 4.79 Å². The average Bonchev–Trinajstić information content (AvgIpc) is 2.41. The summed E-state index contributed by atoms with van der Waals surface area (Å²) in [6, 6.07) is 9.63. The van der Waals surface area contributed by atoms with E-state index in [1.807, 2.05) is 0 Å². The largest absolute Gasteiger partial charge is 0.495 e. The van der Waals surface area contributed by atoms with Crippen LogP contribution in [-0.2, 0) is 0 Å².